The molecule has 0 unspecified atom stereocenters. The molecule has 0 saturated heterocycles. The summed E-state index contributed by atoms with van der Waals surface area (Å²) in [7, 11) is 0. The maximum absolute atomic E-state index is 11.5. The van der Waals surface area contributed by atoms with E-state index >= 15 is 0 Å². The molecule has 1 N–H and O–H groups in total. The van der Waals surface area contributed by atoms with Gasteiger partial charge < -0.3 is 10.1 Å². The third kappa shape index (κ3) is 4.52. The standard InChI is InChI=1S/C11H16N2O3S/c1-7(2)12-10(14)4-5-16-11(15)9-6-17-13-8(9)3/h6-7H,4-5H2,1-3H3,(H,12,14). The number of hydrogen-bond acceptors (Lipinski definition) is 5. The molecule has 0 atom stereocenters. The highest BCUT2D eigenvalue weighted by atomic mass is 32.1. The van der Waals surface area contributed by atoms with Crippen LogP contribution in [0.4, 0.5) is 0 Å². The van der Waals surface area contributed by atoms with Gasteiger partial charge in [0.05, 0.1) is 17.7 Å². The highest BCUT2D eigenvalue weighted by molar-refractivity contribution is 7.03. The first kappa shape index (κ1) is 13.6. The molecule has 1 aromatic heterocycles. The number of amides is 1. The number of rotatable bonds is 5. The van der Waals surface area contributed by atoms with Gasteiger partial charge in [-0.05, 0) is 32.3 Å². The SMILES string of the molecule is Cc1nscc1C(=O)OCCC(=O)NC(C)C. The van der Waals surface area contributed by atoms with Gasteiger partial charge in [0.1, 0.15) is 6.61 Å². The topological polar surface area (TPSA) is 68.3 Å². The molecule has 0 saturated carbocycles. The summed E-state index contributed by atoms with van der Waals surface area (Å²) in [6.45, 7) is 5.60. The van der Waals surface area contributed by atoms with Crippen LogP contribution in [0.2, 0.25) is 0 Å². The van der Waals surface area contributed by atoms with Gasteiger partial charge in [-0.2, -0.15) is 4.37 Å². The van der Waals surface area contributed by atoms with Crippen molar-refractivity contribution in [2.24, 2.45) is 0 Å². The summed E-state index contributed by atoms with van der Waals surface area (Å²) in [5.74, 6) is -0.540. The van der Waals surface area contributed by atoms with E-state index in [1.54, 1.807) is 12.3 Å². The average molecular weight is 256 g/mol. The summed E-state index contributed by atoms with van der Waals surface area (Å²) in [5.41, 5.74) is 1.13. The van der Waals surface area contributed by atoms with Crippen molar-refractivity contribution in [1.82, 2.24) is 9.69 Å². The van der Waals surface area contributed by atoms with Crippen molar-refractivity contribution in [2.75, 3.05) is 6.61 Å². The molecule has 94 valence electrons. The van der Waals surface area contributed by atoms with Gasteiger partial charge in [-0.3, -0.25) is 4.79 Å². The van der Waals surface area contributed by atoms with Gasteiger partial charge in [0.25, 0.3) is 0 Å². The zero-order chi connectivity index (χ0) is 12.8. The molecule has 0 radical (unpaired) electrons. The molecule has 6 heteroatoms. The van der Waals surface area contributed by atoms with Crippen LogP contribution in [0.1, 0.15) is 36.3 Å². The number of nitrogens with one attached hydrogen (secondary N) is 1. The lowest BCUT2D eigenvalue weighted by Crippen LogP contribution is -2.31. The van der Waals surface area contributed by atoms with E-state index in [0.29, 0.717) is 11.3 Å². The normalized spacial score (nSPS) is 10.4. The summed E-state index contributed by atoms with van der Waals surface area (Å²) in [5, 5.41) is 4.37. The molecule has 1 aromatic rings. The Morgan fingerprint density at radius 3 is 2.76 bits per heavy atom. The van der Waals surface area contributed by atoms with Gasteiger partial charge in [-0.1, -0.05) is 0 Å². The molecular formula is C11H16N2O3S. The number of esters is 1. The molecule has 0 bridgehead atoms. The van der Waals surface area contributed by atoms with Crippen LogP contribution in [0.5, 0.6) is 0 Å². The molecule has 0 fully saturated rings. The van der Waals surface area contributed by atoms with E-state index in [2.05, 4.69) is 9.69 Å². The number of nitrogens with zero attached hydrogens (tertiary/aromatic N) is 1. The minimum absolute atomic E-state index is 0.0900. The molecule has 0 aromatic carbocycles. The molecule has 0 aliphatic carbocycles. The van der Waals surface area contributed by atoms with E-state index in [1.807, 2.05) is 13.8 Å². The van der Waals surface area contributed by atoms with Gasteiger partial charge in [-0.15, -0.1) is 0 Å². The summed E-state index contributed by atoms with van der Waals surface area (Å²) in [6, 6.07) is 0.0986. The molecule has 1 rings (SSSR count). The van der Waals surface area contributed by atoms with Crippen LogP contribution in [0.3, 0.4) is 0 Å². The average Bonchev–Trinajstić information content (AvgIpc) is 2.63. The van der Waals surface area contributed by atoms with Crippen LogP contribution in [0.25, 0.3) is 0 Å². The molecule has 0 spiro atoms. The van der Waals surface area contributed by atoms with E-state index in [4.69, 9.17) is 4.74 Å². The fourth-order valence-electron chi connectivity index (χ4n) is 1.20. The summed E-state index contributed by atoms with van der Waals surface area (Å²) in [4.78, 5) is 22.8. The number of hydrogen-bond donors (Lipinski definition) is 1. The van der Waals surface area contributed by atoms with Crippen molar-refractivity contribution in [3.8, 4) is 0 Å². The fourth-order valence-corrected chi connectivity index (χ4v) is 1.88. The zero-order valence-corrected chi connectivity index (χ0v) is 11.0. The Morgan fingerprint density at radius 1 is 1.53 bits per heavy atom. The summed E-state index contributed by atoms with van der Waals surface area (Å²) in [6.07, 6.45) is 0.181. The quantitative estimate of drug-likeness (QED) is 0.811. The zero-order valence-electron chi connectivity index (χ0n) is 10.1. The molecule has 1 amide bonds. The van der Waals surface area contributed by atoms with Crippen molar-refractivity contribution in [1.29, 1.82) is 0 Å². The minimum Gasteiger partial charge on any atom is -0.461 e. The van der Waals surface area contributed by atoms with Crippen molar-refractivity contribution in [3.05, 3.63) is 16.6 Å². The monoisotopic (exact) mass is 256 g/mol. The van der Waals surface area contributed by atoms with Gasteiger partial charge in [0.15, 0.2) is 0 Å². The Bertz CT molecular complexity index is 401. The Balaban J connectivity index is 2.30. The third-order valence-corrected chi connectivity index (χ3v) is 2.70. The van der Waals surface area contributed by atoms with Crippen molar-refractivity contribution >= 4 is 23.4 Å². The Hall–Kier alpha value is -1.43. The van der Waals surface area contributed by atoms with Crippen LogP contribution in [-0.2, 0) is 9.53 Å². The van der Waals surface area contributed by atoms with Crippen molar-refractivity contribution in [2.45, 2.75) is 33.2 Å². The lowest BCUT2D eigenvalue weighted by molar-refractivity contribution is -0.122. The molecule has 0 aliphatic heterocycles. The van der Waals surface area contributed by atoms with Crippen LogP contribution in [0, 0.1) is 6.92 Å². The first-order valence-corrected chi connectivity index (χ1v) is 6.22. The molecule has 0 aliphatic rings. The second kappa shape index (κ2) is 6.34. The molecular weight excluding hydrogens is 240 g/mol. The fraction of sp³-hybridized carbons (Fsp3) is 0.545. The summed E-state index contributed by atoms with van der Waals surface area (Å²) < 4.78 is 8.97. The van der Waals surface area contributed by atoms with E-state index in [1.165, 1.54) is 11.5 Å². The van der Waals surface area contributed by atoms with Gasteiger partial charge in [0.2, 0.25) is 5.91 Å². The van der Waals surface area contributed by atoms with Crippen molar-refractivity contribution < 1.29 is 14.3 Å². The highest BCUT2D eigenvalue weighted by Crippen LogP contribution is 2.10. The lowest BCUT2D eigenvalue weighted by Gasteiger charge is -2.08. The maximum Gasteiger partial charge on any atom is 0.340 e. The maximum atomic E-state index is 11.5. The number of aryl methyl sites for hydroxylation is 1. The second-order valence-electron chi connectivity index (χ2n) is 3.92. The van der Waals surface area contributed by atoms with Gasteiger partial charge >= 0.3 is 5.97 Å². The predicted octanol–water partition coefficient (Wildman–Crippen LogP) is 1.52. The summed E-state index contributed by atoms with van der Waals surface area (Å²) >= 11 is 1.21. The number of carbonyl (C=O) groups excluding carboxylic acids is 2. The van der Waals surface area contributed by atoms with Crippen LogP contribution >= 0.6 is 11.5 Å². The minimum atomic E-state index is -0.423. The van der Waals surface area contributed by atoms with Crippen LogP contribution in [-0.4, -0.2) is 28.9 Å². The highest BCUT2D eigenvalue weighted by Gasteiger charge is 2.13. The van der Waals surface area contributed by atoms with E-state index in [0.717, 1.165) is 0 Å². The Kier molecular flexibility index (Phi) is 5.09. The van der Waals surface area contributed by atoms with E-state index in [9.17, 15) is 9.59 Å². The molecule has 5 nitrogen and oxygen atoms in total. The van der Waals surface area contributed by atoms with Crippen LogP contribution < -0.4 is 5.32 Å². The van der Waals surface area contributed by atoms with Crippen molar-refractivity contribution in [3.63, 3.8) is 0 Å². The largest absolute Gasteiger partial charge is 0.461 e. The molecule has 17 heavy (non-hydrogen) atoms. The van der Waals surface area contributed by atoms with Crippen LogP contribution in [0.15, 0.2) is 5.38 Å². The predicted molar refractivity (Wildman–Crippen MR) is 65.0 cm³/mol. The first-order chi connectivity index (χ1) is 8.00. The van der Waals surface area contributed by atoms with E-state index in [-0.39, 0.29) is 25.0 Å². The number of ether oxygens (including phenoxy) is 1. The second-order valence-corrected chi connectivity index (χ2v) is 4.55. The van der Waals surface area contributed by atoms with E-state index < -0.39 is 5.97 Å². The van der Waals surface area contributed by atoms with Gasteiger partial charge in [-0.25, -0.2) is 4.79 Å². The van der Waals surface area contributed by atoms with Gasteiger partial charge in [0, 0.05) is 11.4 Å². The number of carbonyl (C=O) groups is 2. The third-order valence-electron chi connectivity index (χ3n) is 1.98. The Morgan fingerprint density at radius 2 is 2.24 bits per heavy atom. The molecule has 1 heterocycles. The smallest absolute Gasteiger partial charge is 0.340 e. The lowest BCUT2D eigenvalue weighted by atomic mass is 10.3. The Labute approximate surface area is 104 Å². The number of aromatic nitrogens is 1. The first-order valence-electron chi connectivity index (χ1n) is 5.38.